The third-order valence-electron chi connectivity index (χ3n) is 6.23. The Morgan fingerprint density at radius 1 is 1.33 bits per heavy atom. The first-order valence-corrected chi connectivity index (χ1v) is 9.71. The van der Waals surface area contributed by atoms with Crippen molar-refractivity contribution in [2.24, 2.45) is 17.8 Å². The second-order valence-corrected chi connectivity index (χ2v) is 8.25. The summed E-state index contributed by atoms with van der Waals surface area (Å²) in [5.74, 6) is -1.03. The van der Waals surface area contributed by atoms with Crippen molar-refractivity contribution in [3.05, 3.63) is 28.8 Å². The zero-order valence-electron chi connectivity index (χ0n) is 15.6. The van der Waals surface area contributed by atoms with Crippen molar-refractivity contribution in [3.8, 4) is 6.07 Å². The van der Waals surface area contributed by atoms with Crippen LogP contribution >= 0.6 is 11.6 Å². The number of nitrogens with zero attached hydrogens (tertiary/aromatic N) is 4. The lowest BCUT2D eigenvalue weighted by atomic mass is 9.97. The highest BCUT2D eigenvalue weighted by Gasteiger charge is 2.57. The summed E-state index contributed by atoms with van der Waals surface area (Å²) in [6.45, 7) is 4.30. The molecule has 3 aliphatic rings. The summed E-state index contributed by atoms with van der Waals surface area (Å²) < 4.78 is 41.5. The number of carboxylic acids is 1. The molecular weight excluding hydrogens is 425 g/mol. The second kappa shape index (κ2) is 7.03. The van der Waals surface area contributed by atoms with Gasteiger partial charge >= 0.3 is 12.1 Å². The molecule has 2 aliphatic heterocycles. The highest BCUT2D eigenvalue weighted by atomic mass is 35.5. The van der Waals surface area contributed by atoms with E-state index in [1.807, 2.05) is 0 Å². The summed E-state index contributed by atoms with van der Waals surface area (Å²) in [5.41, 5.74) is -1.94. The van der Waals surface area contributed by atoms with Crippen LogP contribution in [0.3, 0.4) is 0 Å². The molecule has 1 aliphatic carbocycles. The van der Waals surface area contributed by atoms with E-state index in [4.69, 9.17) is 16.7 Å². The highest BCUT2D eigenvalue weighted by molar-refractivity contribution is 6.34. The smallest absolute Gasteiger partial charge is 0.419 e. The number of carbonyl (C=O) groups is 1. The molecule has 30 heavy (non-hydrogen) atoms. The molecule has 0 bridgehead atoms. The van der Waals surface area contributed by atoms with E-state index in [0.717, 1.165) is 0 Å². The predicted molar refractivity (Wildman–Crippen MR) is 101 cm³/mol. The summed E-state index contributed by atoms with van der Waals surface area (Å²) in [4.78, 5) is 18.3. The Balaban J connectivity index is 1.73. The van der Waals surface area contributed by atoms with Crippen LogP contribution in [0.5, 0.6) is 0 Å². The Kier molecular flexibility index (Phi) is 4.86. The summed E-state index contributed by atoms with van der Waals surface area (Å²) in [5, 5.41) is 27.7. The van der Waals surface area contributed by atoms with Crippen LogP contribution in [0.2, 0.25) is 5.02 Å². The number of nitriles is 1. The molecule has 7 nitrogen and oxygen atoms in total. The van der Waals surface area contributed by atoms with Crippen molar-refractivity contribution in [3.63, 3.8) is 0 Å². The van der Waals surface area contributed by atoms with Crippen LogP contribution in [0.25, 0.3) is 0 Å². The Labute approximate surface area is 175 Å². The van der Waals surface area contributed by atoms with Crippen LogP contribution in [0.1, 0.15) is 17.5 Å². The van der Waals surface area contributed by atoms with E-state index in [0.29, 0.717) is 13.1 Å². The van der Waals surface area contributed by atoms with Crippen LogP contribution in [-0.2, 0) is 11.0 Å². The number of aliphatic hydroxyl groups is 1. The molecule has 3 heterocycles. The zero-order chi connectivity index (χ0) is 22.0. The average Bonchev–Trinajstić information content (AvgIpc) is 3.08. The van der Waals surface area contributed by atoms with Crippen molar-refractivity contribution in [2.45, 2.75) is 24.7 Å². The van der Waals surface area contributed by atoms with Gasteiger partial charge in [0.25, 0.3) is 0 Å². The number of hydrogen-bond donors (Lipinski definition) is 2. The Morgan fingerprint density at radius 3 is 2.43 bits per heavy atom. The molecule has 0 spiro atoms. The normalized spacial score (nSPS) is 29.8. The minimum Gasteiger partial charge on any atom is -0.481 e. The van der Waals surface area contributed by atoms with E-state index in [-0.39, 0.29) is 42.4 Å². The van der Waals surface area contributed by atoms with E-state index in [2.05, 4.69) is 11.6 Å². The first-order chi connectivity index (χ1) is 14.1. The monoisotopic (exact) mass is 442 g/mol. The van der Waals surface area contributed by atoms with E-state index < -0.39 is 40.4 Å². The molecule has 0 aromatic carbocycles. The number of hydrogen-bond acceptors (Lipinski definition) is 6. The van der Waals surface area contributed by atoms with Gasteiger partial charge in [-0.15, -0.1) is 6.58 Å². The minimum absolute atomic E-state index is 0.00754. The molecule has 2 N–H and O–H groups in total. The van der Waals surface area contributed by atoms with Crippen LogP contribution in [-0.4, -0.2) is 52.9 Å². The number of aliphatic carboxylic acids is 1. The number of rotatable bonds is 5. The van der Waals surface area contributed by atoms with Crippen LogP contribution in [0.15, 0.2) is 12.7 Å². The standard InChI is InChI=1S/C19H18ClF3N4O3/c1-2-12-13(28)7-27(12)17-9(4-24)15(19(21,22)23)16(20)18(25-17)26-5-10-8(3-14(29)30)11(10)6-26/h2,8,10-13,28H,1,3,5-7H2,(H,29,30)/t8?,10-,11+,12-,13?/m0/s1. The Hall–Kier alpha value is -2.51. The molecule has 3 fully saturated rings. The number of halogens is 4. The quantitative estimate of drug-likeness (QED) is 0.676. The van der Waals surface area contributed by atoms with Gasteiger partial charge in [-0.2, -0.15) is 18.4 Å². The molecule has 2 unspecified atom stereocenters. The number of anilines is 2. The molecule has 11 heteroatoms. The molecule has 5 atom stereocenters. The van der Waals surface area contributed by atoms with Crippen LogP contribution in [0.4, 0.5) is 24.8 Å². The van der Waals surface area contributed by atoms with Crippen molar-refractivity contribution in [1.29, 1.82) is 5.26 Å². The first-order valence-electron chi connectivity index (χ1n) is 9.33. The molecule has 0 amide bonds. The SMILES string of the molecule is C=C[C@H]1C(O)CN1c1nc(N2C[C@@H]3C(CC(=O)O)[C@@H]3C2)c(Cl)c(C(F)(F)F)c1C#N. The number of pyridine rings is 1. The third-order valence-corrected chi connectivity index (χ3v) is 6.59. The Morgan fingerprint density at radius 2 is 1.97 bits per heavy atom. The lowest BCUT2D eigenvalue weighted by molar-refractivity contribution is -0.138. The van der Waals surface area contributed by atoms with Gasteiger partial charge < -0.3 is 20.0 Å². The van der Waals surface area contributed by atoms with Gasteiger partial charge in [-0.05, 0) is 17.8 Å². The van der Waals surface area contributed by atoms with Gasteiger partial charge in [-0.3, -0.25) is 4.79 Å². The average molecular weight is 443 g/mol. The van der Waals surface area contributed by atoms with E-state index >= 15 is 0 Å². The topological polar surface area (TPSA) is 101 Å². The number of aliphatic hydroxyl groups excluding tert-OH is 1. The van der Waals surface area contributed by atoms with E-state index in [9.17, 15) is 28.3 Å². The summed E-state index contributed by atoms with van der Waals surface area (Å²) in [6, 6.07) is 0.915. The molecule has 4 rings (SSSR count). The van der Waals surface area contributed by atoms with Gasteiger partial charge in [-0.25, -0.2) is 4.98 Å². The number of aromatic nitrogens is 1. The molecule has 1 saturated carbocycles. The zero-order valence-corrected chi connectivity index (χ0v) is 16.4. The minimum atomic E-state index is -4.88. The van der Waals surface area contributed by atoms with Gasteiger partial charge in [0.2, 0.25) is 0 Å². The van der Waals surface area contributed by atoms with Crippen molar-refractivity contribution in [1.82, 2.24) is 4.98 Å². The van der Waals surface area contributed by atoms with E-state index in [1.165, 1.54) is 11.0 Å². The molecule has 1 aromatic rings. The third kappa shape index (κ3) is 3.17. The maximum absolute atomic E-state index is 13.8. The second-order valence-electron chi connectivity index (χ2n) is 7.87. The number of alkyl halides is 3. The van der Waals surface area contributed by atoms with Crippen molar-refractivity contribution < 1.29 is 28.2 Å². The number of fused-ring (bicyclic) bond motifs is 1. The largest absolute Gasteiger partial charge is 0.481 e. The summed E-state index contributed by atoms with van der Waals surface area (Å²) in [6.07, 6.45) is -4.28. The lowest BCUT2D eigenvalue weighted by Gasteiger charge is -2.45. The number of carboxylic acid groups (broad SMARTS) is 1. The fourth-order valence-corrected chi connectivity index (χ4v) is 5.03. The van der Waals surface area contributed by atoms with Crippen LogP contribution < -0.4 is 9.80 Å². The van der Waals surface area contributed by atoms with E-state index in [1.54, 1.807) is 11.0 Å². The number of β-amino-alcohol motifs (C(OH)–C–C–N with tert-alkyl or cyclic N) is 1. The van der Waals surface area contributed by atoms with Gasteiger partial charge in [-0.1, -0.05) is 17.7 Å². The number of piperidine rings is 1. The fourth-order valence-electron chi connectivity index (χ4n) is 4.67. The molecular formula is C19H18ClF3N4O3. The van der Waals surface area contributed by atoms with Crippen molar-refractivity contribution in [2.75, 3.05) is 29.4 Å². The Bertz CT molecular complexity index is 952. The lowest BCUT2D eigenvalue weighted by Crippen LogP contribution is -2.60. The fraction of sp³-hybridized carbons (Fsp3) is 0.526. The van der Waals surface area contributed by atoms with Gasteiger partial charge in [0.1, 0.15) is 17.5 Å². The first kappa shape index (κ1) is 20.8. The van der Waals surface area contributed by atoms with Gasteiger partial charge in [0, 0.05) is 26.1 Å². The maximum Gasteiger partial charge on any atom is 0.419 e. The van der Waals surface area contributed by atoms with Crippen molar-refractivity contribution >= 4 is 29.2 Å². The highest BCUT2D eigenvalue weighted by Crippen LogP contribution is 2.55. The van der Waals surface area contributed by atoms with Gasteiger partial charge in [0.05, 0.1) is 22.7 Å². The van der Waals surface area contributed by atoms with Gasteiger partial charge in [0.15, 0.2) is 5.82 Å². The maximum atomic E-state index is 13.8. The predicted octanol–water partition coefficient (Wildman–Crippen LogP) is 2.52. The summed E-state index contributed by atoms with van der Waals surface area (Å²) in [7, 11) is 0. The molecule has 160 valence electrons. The molecule has 2 saturated heterocycles. The molecule has 0 radical (unpaired) electrons. The summed E-state index contributed by atoms with van der Waals surface area (Å²) >= 11 is 6.12. The van der Waals surface area contributed by atoms with Crippen LogP contribution in [0, 0.1) is 29.1 Å². The molecule has 1 aromatic heterocycles.